The number of carbonyl (C=O) groups is 1. The van der Waals surface area contributed by atoms with Crippen molar-refractivity contribution in [2.75, 3.05) is 20.2 Å². The number of pyridine rings is 1. The number of hydrogen-bond acceptors (Lipinski definition) is 4. The van der Waals surface area contributed by atoms with Gasteiger partial charge in [0.15, 0.2) is 0 Å². The summed E-state index contributed by atoms with van der Waals surface area (Å²) in [5.41, 5.74) is 0.563. The Morgan fingerprint density at radius 1 is 1.27 bits per heavy atom. The molecule has 22 heavy (non-hydrogen) atoms. The van der Waals surface area contributed by atoms with E-state index in [1.807, 2.05) is 12.1 Å². The molecule has 2 heterocycles. The predicted molar refractivity (Wildman–Crippen MR) is 82.6 cm³/mol. The van der Waals surface area contributed by atoms with Crippen LogP contribution < -0.4 is 9.47 Å². The molecule has 0 aliphatic carbocycles. The molecule has 114 valence electrons. The molecular formula is C16H15ClN2O3. The molecule has 0 N–H and O–H groups in total. The third kappa shape index (κ3) is 2.99. The number of ether oxygens (including phenoxy) is 2. The molecule has 0 atom stereocenters. The van der Waals surface area contributed by atoms with Gasteiger partial charge in [-0.05, 0) is 18.2 Å². The van der Waals surface area contributed by atoms with E-state index in [4.69, 9.17) is 21.1 Å². The van der Waals surface area contributed by atoms with Gasteiger partial charge in [-0.2, -0.15) is 0 Å². The van der Waals surface area contributed by atoms with Crippen LogP contribution in [-0.2, 0) is 0 Å². The number of halogens is 1. The van der Waals surface area contributed by atoms with Crippen molar-refractivity contribution >= 4 is 17.5 Å². The van der Waals surface area contributed by atoms with Crippen molar-refractivity contribution in [3.05, 3.63) is 53.2 Å². The SMILES string of the molecule is COc1ccccc1C(=O)N1CC(Oc2ccc(Cl)cn2)C1. The number of amides is 1. The molecule has 1 aromatic carbocycles. The van der Waals surface area contributed by atoms with Crippen LogP contribution in [0.2, 0.25) is 5.02 Å². The van der Waals surface area contributed by atoms with Gasteiger partial charge < -0.3 is 14.4 Å². The van der Waals surface area contributed by atoms with Gasteiger partial charge in [-0.15, -0.1) is 0 Å². The lowest BCUT2D eigenvalue weighted by Gasteiger charge is -2.38. The second-order valence-corrected chi connectivity index (χ2v) is 5.40. The van der Waals surface area contributed by atoms with E-state index in [0.29, 0.717) is 35.3 Å². The van der Waals surface area contributed by atoms with E-state index in [0.717, 1.165) is 0 Å². The lowest BCUT2D eigenvalue weighted by Crippen LogP contribution is -2.56. The topological polar surface area (TPSA) is 51.7 Å². The molecule has 2 aromatic rings. The number of nitrogens with zero attached hydrogens (tertiary/aromatic N) is 2. The van der Waals surface area contributed by atoms with Crippen molar-refractivity contribution < 1.29 is 14.3 Å². The standard InChI is InChI=1S/C16H15ClN2O3/c1-21-14-5-3-2-4-13(14)16(20)19-9-12(10-19)22-15-7-6-11(17)8-18-15/h2-8,12H,9-10H2,1H3. The molecule has 1 saturated heterocycles. The van der Waals surface area contributed by atoms with E-state index in [2.05, 4.69) is 4.98 Å². The largest absolute Gasteiger partial charge is 0.496 e. The second-order valence-electron chi connectivity index (χ2n) is 4.96. The van der Waals surface area contributed by atoms with Gasteiger partial charge >= 0.3 is 0 Å². The van der Waals surface area contributed by atoms with Crippen LogP contribution in [0.1, 0.15) is 10.4 Å². The Morgan fingerprint density at radius 2 is 2.05 bits per heavy atom. The Balaban J connectivity index is 1.58. The fraction of sp³-hybridized carbons (Fsp3) is 0.250. The first-order valence-electron chi connectivity index (χ1n) is 6.88. The van der Waals surface area contributed by atoms with Gasteiger partial charge in [0.25, 0.3) is 5.91 Å². The van der Waals surface area contributed by atoms with E-state index >= 15 is 0 Å². The summed E-state index contributed by atoms with van der Waals surface area (Å²) in [6.45, 7) is 1.06. The van der Waals surface area contributed by atoms with Crippen molar-refractivity contribution in [2.24, 2.45) is 0 Å². The zero-order valence-electron chi connectivity index (χ0n) is 12.0. The lowest BCUT2D eigenvalue weighted by molar-refractivity contribution is 0.0158. The Labute approximate surface area is 133 Å². The number of benzene rings is 1. The van der Waals surface area contributed by atoms with Crippen LogP contribution in [0.25, 0.3) is 0 Å². The molecule has 3 rings (SSSR count). The Bertz CT molecular complexity index is 669. The first kappa shape index (κ1) is 14.7. The van der Waals surface area contributed by atoms with Crippen LogP contribution in [0.5, 0.6) is 11.6 Å². The Morgan fingerprint density at radius 3 is 2.73 bits per heavy atom. The summed E-state index contributed by atoms with van der Waals surface area (Å²) < 4.78 is 10.9. The van der Waals surface area contributed by atoms with Crippen molar-refractivity contribution in [3.8, 4) is 11.6 Å². The van der Waals surface area contributed by atoms with Crippen LogP contribution in [0, 0.1) is 0 Å². The number of aromatic nitrogens is 1. The third-order valence-corrected chi connectivity index (χ3v) is 3.68. The maximum Gasteiger partial charge on any atom is 0.257 e. The number of rotatable bonds is 4. The Kier molecular flexibility index (Phi) is 4.15. The van der Waals surface area contributed by atoms with Crippen molar-refractivity contribution in [1.29, 1.82) is 0 Å². The molecule has 1 aromatic heterocycles. The molecular weight excluding hydrogens is 304 g/mol. The van der Waals surface area contributed by atoms with E-state index in [-0.39, 0.29) is 12.0 Å². The minimum atomic E-state index is -0.0543. The summed E-state index contributed by atoms with van der Waals surface area (Å²) >= 11 is 5.77. The molecule has 1 aliphatic rings. The molecule has 5 nitrogen and oxygen atoms in total. The number of para-hydroxylation sites is 1. The first-order valence-corrected chi connectivity index (χ1v) is 7.25. The van der Waals surface area contributed by atoms with Crippen molar-refractivity contribution in [2.45, 2.75) is 6.10 Å². The van der Waals surface area contributed by atoms with E-state index in [1.54, 1.807) is 36.3 Å². The second kappa shape index (κ2) is 6.23. The number of likely N-dealkylation sites (tertiary alicyclic amines) is 1. The third-order valence-electron chi connectivity index (χ3n) is 3.46. The highest BCUT2D eigenvalue weighted by atomic mass is 35.5. The van der Waals surface area contributed by atoms with Crippen molar-refractivity contribution in [3.63, 3.8) is 0 Å². The normalized spacial score (nSPS) is 14.4. The fourth-order valence-corrected chi connectivity index (χ4v) is 2.38. The van der Waals surface area contributed by atoms with Gasteiger partial charge in [0, 0.05) is 12.3 Å². The molecule has 0 radical (unpaired) electrons. The van der Waals surface area contributed by atoms with Crippen LogP contribution in [-0.4, -0.2) is 42.1 Å². The highest BCUT2D eigenvalue weighted by Gasteiger charge is 2.34. The number of carbonyl (C=O) groups excluding carboxylic acids is 1. The summed E-state index contributed by atoms with van der Waals surface area (Å²) in [5, 5.41) is 0.564. The fourth-order valence-electron chi connectivity index (χ4n) is 2.27. The lowest BCUT2D eigenvalue weighted by atomic mass is 10.1. The van der Waals surface area contributed by atoms with Crippen LogP contribution in [0.4, 0.5) is 0 Å². The summed E-state index contributed by atoms with van der Waals surface area (Å²) in [4.78, 5) is 18.2. The zero-order chi connectivity index (χ0) is 15.5. The average molecular weight is 319 g/mol. The average Bonchev–Trinajstić information content (AvgIpc) is 2.51. The predicted octanol–water partition coefficient (Wildman–Crippen LogP) is 2.65. The monoisotopic (exact) mass is 318 g/mol. The first-order chi connectivity index (χ1) is 10.7. The summed E-state index contributed by atoms with van der Waals surface area (Å²) in [5.74, 6) is 1.04. The quantitative estimate of drug-likeness (QED) is 0.869. The smallest absolute Gasteiger partial charge is 0.257 e. The molecule has 0 saturated carbocycles. The minimum Gasteiger partial charge on any atom is -0.496 e. The zero-order valence-corrected chi connectivity index (χ0v) is 12.8. The molecule has 1 amide bonds. The van der Waals surface area contributed by atoms with Gasteiger partial charge in [0.2, 0.25) is 5.88 Å². The van der Waals surface area contributed by atoms with E-state index in [9.17, 15) is 4.79 Å². The van der Waals surface area contributed by atoms with E-state index < -0.39 is 0 Å². The highest BCUT2D eigenvalue weighted by molar-refractivity contribution is 6.30. The maximum atomic E-state index is 12.4. The van der Waals surface area contributed by atoms with Gasteiger partial charge in [0.1, 0.15) is 11.9 Å². The highest BCUT2D eigenvalue weighted by Crippen LogP contribution is 2.23. The Hall–Kier alpha value is -2.27. The summed E-state index contributed by atoms with van der Waals surface area (Å²) in [6, 6.07) is 10.6. The molecule has 1 fully saturated rings. The minimum absolute atomic E-state index is 0.0488. The van der Waals surface area contributed by atoms with Crippen LogP contribution in [0.3, 0.4) is 0 Å². The maximum absolute atomic E-state index is 12.4. The van der Waals surface area contributed by atoms with Crippen LogP contribution >= 0.6 is 11.6 Å². The number of methoxy groups -OCH3 is 1. The van der Waals surface area contributed by atoms with Gasteiger partial charge in [-0.25, -0.2) is 4.98 Å². The molecule has 0 spiro atoms. The summed E-state index contributed by atoms with van der Waals surface area (Å²) in [7, 11) is 1.56. The van der Waals surface area contributed by atoms with Gasteiger partial charge in [-0.3, -0.25) is 4.79 Å². The van der Waals surface area contributed by atoms with Gasteiger partial charge in [0.05, 0.1) is 30.8 Å². The molecule has 0 unspecified atom stereocenters. The van der Waals surface area contributed by atoms with Crippen molar-refractivity contribution in [1.82, 2.24) is 9.88 Å². The summed E-state index contributed by atoms with van der Waals surface area (Å²) in [6.07, 6.45) is 1.49. The van der Waals surface area contributed by atoms with E-state index in [1.165, 1.54) is 6.20 Å². The van der Waals surface area contributed by atoms with Gasteiger partial charge in [-0.1, -0.05) is 23.7 Å². The van der Waals surface area contributed by atoms with Crippen LogP contribution in [0.15, 0.2) is 42.6 Å². The molecule has 6 heteroatoms. The molecule has 0 bridgehead atoms. The molecule has 1 aliphatic heterocycles. The number of hydrogen-bond donors (Lipinski definition) is 0.